The molecule has 0 aliphatic rings. The van der Waals surface area contributed by atoms with E-state index in [0.717, 1.165) is 6.07 Å². The van der Waals surface area contributed by atoms with Crippen molar-refractivity contribution in [1.29, 1.82) is 0 Å². The van der Waals surface area contributed by atoms with Crippen LogP contribution < -0.4 is 10.2 Å². The van der Waals surface area contributed by atoms with Crippen molar-refractivity contribution in [2.45, 2.75) is 11.8 Å². The number of carbonyl (C=O) groups excluding carboxylic acids is 1. The summed E-state index contributed by atoms with van der Waals surface area (Å²) in [4.78, 5) is 20.4. The maximum atomic E-state index is 11.7. The highest BCUT2D eigenvalue weighted by Gasteiger charge is 2.20. The largest absolute Gasteiger partial charge is 0.289 e. The molecule has 0 saturated heterocycles. The van der Waals surface area contributed by atoms with E-state index in [0.29, 0.717) is 5.56 Å². The summed E-state index contributed by atoms with van der Waals surface area (Å²) in [5.74, 6) is -0.954. The Labute approximate surface area is 108 Å². The molecular weight excluding hydrogens is 278 g/mol. The van der Waals surface area contributed by atoms with Gasteiger partial charge in [0.2, 0.25) is 10.0 Å². The summed E-state index contributed by atoms with van der Waals surface area (Å²) in [5.41, 5.74) is 1.23. The van der Waals surface area contributed by atoms with Gasteiger partial charge in [-0.1, -0.05) is 6.07 Å². The molecule has 104 valence electrons. The Morgan fingerprint density at radius 1 is 1.47 bits per heavy atom. The van der Waals surface area contributed by atoms with Crippen molar-refractivity contribution < 1.29 is 23.3 Å². The molecule has 0 unspecified atom stereocenters. The number of nitrogens with zero attached hydrogens (tertiary/aromatic N) is 1. The van der Waals surface area contributed by atoms with Crippen molar-refractivity contribution in [3.63, 3.8) is 0 Å². The van der Waals surface area contributed by atoms with Gasteiger partial charge in [0.15, 0.2) is 0 Å². The van der Waals surface area contributed by atoms with E-state index in [1.165, 1.54) is 24.5 Å². The number of nitro benzene ring substituents is 1. The third-order valence-electron chi connectivity index (χ3n) is 2.24. The van der Waals surface area contributed by atoms with Gasteiger partial charge >= 0.3 is 0 Å². The van der Waals surface area contributed by atoms with Crippen LogP contribution in [0.2, 0.25) is 0 Å². The number of aryl methyl sites for hydroxylation is 1. The second kappa shape index (κ2) is 5.73. The first-order chi connectivity index (χ1) is 8.77. The first-order valence-electron chi connectivity index (χ1n) is 4.95. The van der Waals surface area contributed by atoms with E-state index in [9.17, 15) is 23.3 Å². The smallest absolute Gasteiger partial charge is 0.273 e. The van der Waals surface area contributed by atoms with E-state index in [-0.39, 0.29) is 10.6 Å². The number of rotatable bonds is 5. The molecule has 0 heterocycles. The fourth-order valence-corrected chi connectivity index (χ4v) is 2.24. The monoisotopic (exact) mass is 289 g/mol. The molecular formula is C9H11N3O6S. The molecule has 1 aromatic carbocycles. The van der Waals surface area contributed by atoms with Crippen LogP contribution in [0.15, 0.2) is 23.1 Å². The van der Waals surface area contributed by atoms with E-state index in [4.69, 9.17) is 5.21 Å². The number of benzene rings is 1. The number of hydrogen-bond acceptors (Lipinski definition) is 6. The maximum Gasteiger partial charge on any atom is 0.273 e. The van der Waals surface area contributed by atoms with Gasteiger partial charge < -0.3 is 0 Å². The molecule has 0 atom stereocenters. The summed E-state index contributed by atoms with van der Waals surface area (Å²) in [7, 11) is -4.06. The average molecular weight is 289 g/mol. The van der Waals surface area contributed by atoms with Gasteiger partial charge in [0.05, 0.1) is 16.4 Å². The first kappa shape index (κ1) is 15.0. The van der Waals surface area contributed by atoms with E-state index in [2.05, 4.69) is 0 Å². The van der Waals surface area contributed by atoms with E-state index < -0.39 is 27.4 Å². The van der Waals surface area contributed by atoms with Crippen LogP contribution in [0, 0.1) is 17.0 Å². The molecule has 0 bridgehead atoms. The number of amides is 1. The Bertz CT molecular complexity index is 612. The molecule has 0 aromatic heterocycles. The third-order valence-corrected chi connectivity index (χ3v) is 3.63. The fourth-order valence-electron chi connectivity index (χ4n) is 1.24. The first-order valence-corrected chi connectivity index (χ1v) is 6.44. The highest BCUT2D eigenvalue weighted by molar-refractivity contribution is 7.89. The normalized spacial score (nSPS) is 11.1. The molecule has 1 rings (SSSR count). The standard InChI is InChI=1S/C9H11N3O6S/c1-6-2-3-7(4-8(6)12(15)16)19(17,18)10-5-9(13)11-14/h2-4,10,14H,5H2,1H3,(H,11,13). The summed E-state index contributed by atoms with van der Waals surface area (Å²) < 4.78 is 25.4. The van der Waals surface area contributed by atoms with Crippen molar-refractivity contribution in [3.8, 4) is 0 Å². The Kier molecular flexibility index (Phi) is 4.53. The Morgan fingerprint density at radius 3 is 2.63 bits per heavy atom. The van der Waals surface area contributed by atoms with Gasteiger partial charge in [-0.3, -0.25) is 20.1 Å². The van der Waals surface area contributed by atoms with Gasteiger partial charge in [-0.05, 0) is 13.0 Å². The minimum Gasteiger partial charge on any atom is -0.289 e. The summed E-state index contributed by atoms with van der Waals surface area (Å²) in [6.07, 6.45) is 0. The molecule has 1 amide bonds. The molecule has 0 saturated carbocycles. The van der Waals surface area contributed by atoms with Crippen molar-refractivity contribution in [3.05, 3.63) is 33.9 Å². The van der Waals surface area contributed by atoms with Crippen LogP contribution in [0.5, 0.6) is 0 Å². The SMILES string of the molecule is Cc1ccc(S(=O)(=O)NCC(=O)NO)cc1[N+](=O)[O-]. The number of hydrogen-bond donors (Lipinski definition) is 3. The molecule has 0 spiro atoms. The summed E-state index contributed by atoms with van der Waals surface area (Å²) >= 11 is 0. The molecule has 0 aliphatic heterocycles. The summed E-state index contributed by atoms with van der Waals surface area (Å²) in [5, 5.41) is 18.9. The molecule has 0 fully saturated rings. The van der Waals surface area contributed by atoms with Crippen LogP contribution >= 0.6 is 0 Å². The Hall–Kier alpha value is -2.04. The average Bonchev–Trinajstić information content (AvgIpc) is 2.35. The lowest BCUT2D eigenvalue weighted by Crippen LogP contribution is -2.35. The second-order valence-electron chi connectivity index (χ2n) is 3.56. The highest BCUT2D eigenvalue weighted by Crippen LogP contribution is 2.21. The fraction of sp³-hybridized carbons (Fsp3) is 0.222. The van der Waals surface area contributed by atoms with E-state index >= 15 is 0 Å². The molecule has 19 heavy (non-hydrogen) atoms. The number of hydroxylamine groups is 1. The van der Waals surface area contributed by atoms with Gasteiger partial charge in [-0.15, -0.1) is 0 Å². The van der Waals surface area contributed by atoms with Gasteiger partial charge in [0, 0.05) is 11.6 Å². The number of nitro groups is 1. The Morgan fingerprint density at radius 2 is 2.11 bits per heavy atom. The van der Waals surface area contributed by atoms with Crippen molar-refractivity contribution in [2.75, 3.05) is 6.54 Å². The predicted octanol–water partition coefficient (Wildman–Crippen LogP) is -0.313. The number of carbonyl (C=O) groups is 1. The van der Waals surface area contributed by atoms with Crippen LogP contribution in [0.3, 0.4) is 0 Å². The lowest BCUT2D eigenvalue weighted by atomic mass is 10.2. The minimum atomic E-state index is -4.06. The van der Waals surface area contributed by atoms with Crippen LogP contribution in [0.25, 0.3) is 0 Å². The second-order valence-corrected chi connectivity index (χ2v) is 5.33. The molecule has 9 nitrogen and oxygen atoms in total. The van der Waals surface area contributed by atoms with E-state index in [1.807, 2.05) is 4.72 Å². The van der Waals surface area contributed by atoms with Crippen LogP contribution in [0.1, 0.15) is 5.56 Å². The van der Waals surface area contributed by atoms with Crippen molar-refractivity contribution >= 4 is 21.6 Å². The van der Waals surface area contributed by atoms with Crippen LogP contribution in [-0.2, 0) is 14.8 Å². The zero-order valence-electron chi connectivity index (χ0n) is 9.78. The topological polar surface area (TPSA) is 139 Å². The van der Waals surface area contributed by atoms with Crippen LogP contribution in [-0.4, -0.2) is 31.0 Å². The van der Waals surface area contributed by atoms with E-state index in [1.54, 1.807) is 0 Å². The van der Waals surface area contributed by atoms with Gasteiger partial charge in [-0.2, -0.15) is 0 Å². The highest BCUT2D eigenvalue weighted by atomic mass is 32.2. The zero-order chi connectivity index (χ0) is 14.6. The zero-order valence-corrected chi connectivity index (χ0v) is 10.6. The van der Waals surface area contributed by atoms with Gasteiger partial charge in [-0.25, -0.2) is 18.6 Å². The van der Waals surface area contributed by atoms with Gasteiger partial charge in [0.25, 0.3) is 11.6 Å². The van der Waals surface area contributed by atoms with Crippen molar-refractivity contribution in [2.24, 2.45) is 0 Å². The molecule has 3 N–H and O–H groups in total. The minimum absolute atomic E-state index is 0.317. The molecule has 1 aromatic rings. The lowest BCUT2D eigenvalue weighted by molar-refractivity contribution is -0.385. The summed E-state index contributed by atoms with van der Waals surface area (Å²) in [6, 6.07) is 3.37. The predicted molar refractivity (Wildman–Crippen MR) is 63.0 cm³/mol. The third kappa shape index (κ3) is 3.71. The molecule has 0 radical (unpaired) electrons. The van der Waals surface area contributed by atoms with Gasteiger partial charge in [0.1, 0.15) is 0 Å². The lowest BCUT2D eigenvalue weighted by Gasteiger charge is -2.06. The summed E-state index contributed by atoms with van der Waals surface area (Å²) in [6.45, 7) is 0.793. The number of nitrogens with one attached hydrogen (secondary N) is 2. The Balaban J connectivity index is 3.05. The maximum absolute atomic E-state index is 11.7. The molecule has 0 aliphatic carbocycles. The quantitative estimate of drug-likeness (QED) is 0.386. The molecule has 10 heteroatoms. The van der Waals surface area contributed by atoms with Crippen molar-refractivity contribution in [1.82, 2.24) is 10.2 Å². The van der Waals surface area contributed by atoms with Crippen LogP contribution in [0.4, 0.5) is 5.69 Å². The number of sulfonamides is 1.